The predicted molar refractivity (Wildman–Crippen MR) is 87.7 cm³/mol. The lowest BCUT2D eigenvalue weighted by atomic mass is 9.92. The Morgan fingerprint density at radius 1 is 1.30 bits per heavy atom. The summed E-state index contributed by atoms with van der Waals surface area (Å²) in [6, 6.07) is 0. The van der Waals surface area contributed by atoms with Crippen LogP contribution in [0.1, 0.15) is 31.3 Å². The summed E-state index contributed by atoms with van der Waals surface area (Å²) in [5.41, 5.74) is 2.88. The van der Waals surface area contributed by atoms with Gasteiger partial charge in [-0.15, -0.1) is 0 Å². The highest BCUT2D eigenvalue weighted by atomic mass is 16.2. The molecule has 2 aromatic heterocycles. The Kier molecular flexibility index (Phi) is 4.41. The monoisotopic (exact) mass is 313 g/mol. The number of likely N-dealkylation sites (tertiary alicyclic amines) is 1. The SMILES string of the molecule is CC(=O)N1CCC[C@H](Cc2nccnc2-c2cnc(C)n2C)C1. The number of amides is 1. The predicted octanol–water partition coefficient (Wildman–Crippen LogP) is 1.99. The molecule has 1 saturated heterocycles. The van der Waals surface area contributed by atoms with Gasteiger partial charge in [0.2, 0.25) is 5.91 Å². The first-order chi connectivity index (χ1) is 11.1. The summed E-state index contributed by atoms with van der Waals surface area (Å²) >= 11 is 0. The van der Waals surface area contributed by atoms with Crippen LogP contribution in [0, 0.1) is 12.8 Å². The Morgan fingerprint density at radius 2 is 2.09 bits per heavy atom. The van der Waals surface area contributed by atoms with Crippen molar-refractivity contribution in [2.75, 3.05) is 13.1 Å². The number of aryl methyl sites for hydroxylation is 1. The molecular weight excluding hydrogens is 290 g/mol. The average Bonchev–Trinajstić information content (AvgIpc) is 2.88. The van der Waals surface area contributed by atoms with E-state index in [4.69, 9.17) is 0 Å². The molecule has 1 aliphatic rings. The van der Waals surface area contributed by atoms with E-state index in [1.54, 1.807) is 19.3 Å². The van der Waals surface area contributed by atoms with E-state index in [2.05, 4.69) is 15.0 Å². The van der Waals surface area contributed by atoms with Crippen LogP contribution in [-0.4, -0.2) is 43.4 Å². The molecule has 1 fully saturated rings. The van der Waals surface area contributed by atoms with Gasteiger partial charge in [0.1, 0.15) is 11.5 Å². The smallest absolute Gasteiger partial charge is 0.219 e. The van der Waals surface area contributed by atoms with Gasteiger partial charge < -0.3 is 9.47 Å². The highest BCUT2D eigenvalue weighted by Crippen LogP contribution is 2.26. The molecule has 0 bridgehead atoms. The van der Waals surface area contributed by atoms with Crippen molar-refractivity contribution >= 4 is 5.91 Å². The van der Waals surface area contributed by atoms with Gasteiger partial charge in [0.15, 0.2) is 0 Å². The molecule has 1 atom stereocenters. The quantitative estimate of drug-likeness (QED) is 0.869. The minimum atomic E-state index is 0.163. The minimum absolute atomic E-state index is 0.163. The number of aromatic nitrogens is 4. The number of piperidine rings is 1. The van der Waals surface area contributed by atoms with Crippen molar-refractivity contribution in [1.29, 1.82) is 0 Å². The third-order valence-corrected chi connectivity index (χ3v) is 4.68. The Morgan fingerprint density at radius 3 is 2.78 bits per heavy atom. The van der Waals surface area contributed by atoms with Crippen LogP contribution >= 0.6 is 0 Å². The Hall–Kier alpha value is -2.24. The van der Waals surface area contributed by atoms with Gasteiger partial charge in [0, 0.05) is 39.5 Å². The lowest BCUT2D eigenvalue weighted by Crippen LogP contribution is -2.39. The number of carbonyl (C=O) groups excluding carboxylic acids is 1. The first-order valence-electron chi connectivity index (χ1n) is 8.10. The van der Waals surface area contributed by atoms with Crippen LogP contribution in [0.5, 0.6) is 0 Å². The zero-order chi connectivity index (χ0) is 16.4. The highest BCUT2D eigenvalue weighted by Gasteiger charge is 2.24. The Bertz CT molecular complexity index is 709. The molecule has 0 saturated carbocycles. The fourth-order valence-electron chi connectivity index (χ4n) is 3.24. The number of nitrogens with zero attached hydrogens (tertiary/aromatic N) is 5. The summed E-state index contributed by atoms with van der Waals surface area (Å²) < 4.78 is 2.04. The summed E-state index contributed by atoms with van der Waals surface area (Å²) in [5, 5.41) is 0. The summed E-state index contributed by atoms with van der Waals surface area (Å²) in [6.07, 6.45) is 8.36. The first-order valence-corrected chi connectivity index (χ1v) is 8.10. The van der Waals surface area contributed by atoms with Crippen molar-refractivity contribution in [3.63, 3.8) is 0 Å². The number of rotatable bonds is 3. The van der Waals surface area contributed by atoms with Gasteiger partial charge in [-0.3, -0.25) is 14.8 Å². The maximum absolute atomic E-state index is 11.6. The van der Waals surface area contributed by atoms with Crippen molar-refractivity contribution in [3.8, 4) is 11.4 Å². The number of hydrogen-bond acceptors (Lipinski definition) is 4. The van der Waals surface area contributed by atoms with E-state index < -0.39 is 0 Å². The van der Waals surface area contributed by atoms with Crippen LogP contribution in [0.25, 0.3) is 11.4 Å². The molecule has 0 aliphatic carbocycles. The van der Waals surface area contributed by atoms with Crippen LogP contribution in [-0.2, 0) is 18.3 Å². The molecule has 1 aliphatic heterocycles. The Balaban J connectivity index is 1.84. The third kappa shape index (κ3) is 3.25. The molecule has 2 aromatic rings. The lowest BCUT2D eigenvalue weighted by molar-refractivity contribution is -0.130. The van der Waals surface area contributed by atoms with Gasteiger partial charge >= 0.3 is 0 Å². The van der Waals surface area contributed by atoms with Gasteiger partial charge in [-0.1, -0.05) is 0 Å². The van der Waals surface area contributed by atoms with E-state index in [1.807, 2.05) is 29.6 Å². The molecular formula is C17H23N5O. The second kappa shape index (κ2) is 6.48. The van der Waals surface area contributed by atoms with Crippen molar-refractivity contribution in [1.82, 2.24) is 24.4 Å². The molecule has 0 radical (unpaired) electrons. The van der Waals surface area contributed by atoms with Crippen LogP contribution in [0.4, 0.5) is 0 Å². The van der Waals surface area contributed by atoms with Crippen LogP contribution in [0.15, 0.2) is 18.6 Å². The average molecular weight is 313 g/mol. The van der Waals surface area contributed by atoms with E-state index in [0.717, 1.165) is 55.3 Å². The summed E-state index contributed by atoms with van der Waals surface area (Å²) in [5.74, 6) is 1.56. The number of carbonyl (C=O) groups is 1. The van der Waals surface area contributed by atoms with E-state index in [0.29, 0.717) is 5.92 Å². The molecule has 3 rings (SSSR count). The van der Waals surface area contributed by atoms with Crippen molar-refractivity contribution in [3.05, 3.63) is 30.1 Å². The fraction of sp³-hybridized carbons (Fsp3) is 0.529. The van der Waals surface area contributed by atoms with Crippen LogP contribution < -0.4 is 0 Å². The second-order valence-corrected chi connectivity index (χ2v) is 6.28. The van der Waals surface area contributed by atoms with Gasteiger partial charge in [0.25, 0.3) is 0 Å². The van der Waals surface area contributed by atoms with E-state index >= 15 is 0 Å². The molecule has 6 nitrogen and oxygen atoms in total. The molecule has 0 aromatic carbocycles. The molecule has 6 heteroatoms. The fourth-order valence-corrected chi connectivity index (χ4v) is 3.24. The number of hydrogen-bond donors (Lipinski definition) is 0. The molecule has 1 amide bonds. The number of imidazole rings is 1. The van der Waals surface area contributed by atoms with Crippen molar-refractivity contribution < 1.29 is 4.79 Å². The van der Waals surface area contributed by atoms with Crippen molar-refractivity contribution in [2.24, 2.45) is 13.0 Å². The van der Waals surface area contributed by atoms with E-state index in [9.17, 15) is 4.79 Å². The van der Waals surface area contributed by atoms with Gasteiger partial charge in [-0.05, 0) is 32.1 Å². The van der Waals surface area contributed by atoms with E-state index in [1.165, 1.54) is 0 Å². The molecule has 0 unspecified atom stereocenters. The largest absolute Gasteiger partial charge is 0.343 e. The van der Waals surface area contributed by atoms with Gasteiger partial charge in [0.05, 0.1) is 17.6 Å². The second-order valence-electron chi connectivity index (χ2n) is 6.28. The van der Waals surface area contributed by atoms with E-state index in [-0.39, 0.29) is 5.91 Å². The zero-order valence-corrected chi connectivity index (χ0v) is 14.0. The first kappa shape index (κ1) is 15.6. The molecule has 3 heterocycles. The molecule has 23 heavy (non-hydrogen) atoms. The maximum atomic E-state index is 11.6. The zero-order valence-electron chi connectivity index (χ0n) is 14.0. The molecule has 0 N–H and O–H groups in total. The van der Waals surface area contributed by atoms with Gasteiger partial charge in [-0.25, -0.2) is 4.98 Å². The molecule has 122 valence electrons. The minimum Gasteiger partial charge on any atom is -0.343 e. The van der Waals surface area contributed by atoms with Crippen LogP contribution in [0.2, 0.25) is 0 Å². The van der Waals surface area contributed by atoms with Crippen LogP contribution in [0.3, 0.4) is 0 Å². The topological polar surface area (TPSA) is 63.9 Å². The Labute approximate surface area is 136 Å². The summed E-state index contributed by atoms with van der Waals surface area (Å²) in [7, 11) is 1.99. The molecule has 0 spiro atoms. The maximum Gasteiger partial charge on any atom is 0.219 e. The highest BCUT2D eigenvalue weighted by molar-refractivity contribution is 5.73. The van der Waals surface area contributed by atoms with Gasteiger partial charge in [-0.2, -0.15) is 0 Å². The summed E-state index contributed by atoms with van der Waals surface area (Å²) in [4.78, 5) is 27.0. The third-order valence-electron chi connectivity index (χ3n) is 4.68. The normalized spacial score (nSPS) is 18.2. The standard InChI is InChI=1S/C17H23N5O/c1-12-20-10-16(21(12)3)17-15(18-6-7-19-17)9-14-5-4-8-22(11-14)13(2)23/h6-7,10,14H,4-5,8-9,11H2,1-3H3/t14-/m1/s1. The van der Waals surface area contributed by atoms with Crippen molar-refractivity contribution in [2.45, 2.75) is 33.1 Å². The lowest BCUT2D eigenvalue weighted by Gasteiger charge is -2.32. The summed E-state index contributed by atoms with van der Waals surface area (Å²) in [6.45, 7) is 5.32.